The fourth-order valence-electron chi connectivity index (χ4n) is 3.14. The van der Waals surface area contributed by atoms with Gasteiger partial charge < -0.3 is 10.6 Å². The summed E-state index contributed by atoms with van der Waals surface area (Å²) in [6.07, 6.45) is -0.782. The molecule has 0 bridgehead atoms. The van der Waals surface area contributed by atoms with Crippen molar-refractivity contribution in [3.05, 3.63) is 27.8 Å². The Morgan fingerprint density at radius 1 is 1.26 bits per heavy atom. The van der Waals surface area contributed by atoms with Crippen LogP contribution in [0.4, 0.5) is 18.9 Å². The minimum Gasteiger partial charge on any atom is -0.351 e. The summed E-state index contributed by atoms with van der Waals surface area (Å²) in [7, 11) is 0. The van der Waals surface area contributed by atoms with Gasteiger partial charge in [-0.25, -0.2) is 0 Å². The van der Waals surface area contributed by atoms with Gasteiger partial charge in [-0.2, -0.15) is 23.4 Å². The second kappa shape index (κ2) is 9.41. The number of hydrogen-bond acceptors (Lipinski definition) is 4. The van der Waals surface area contributed by atoms with Gasteiger partial charge >= 0.3 is 6.18 Å². The van der Waals surface area contributed by atoms with Crippen LogP contribution in [0.1, 0.15) is 67.3 Å². The molecule has 0 radical (unpaired) electrons. The number of amides is 2. The molecule has 2 N–H and O–H groups in total. The number of halogens is 4. The summed E-state index contributed by atoms with van der Waals surface area (Å²) in [4.78, 5) is 24.8. The molecule has 2 aromatic heterocycles. The molecule has 3 rings (SSSR count). The SMILES string of the molecule is CCCNC(=O)c1nn(CC)cc1NC(=O)CCn1nc(C(F)(F)F)c(Br)c1C1CC1. The molecule has 0 unspecified atom stereocenters. The number of nitrogens with one attached hydrogen (secondary N) is 2. The highest BCUT2D eigenvalue weighted by Crippen LogP contribution is 2.47. The number of aromatic nitrogens is 4. The third-order valence-corrected chi connectivity index (χ3v) is 5.61. The first-order valence-electron chi connectivity index (χ1n) is 10.1. The molecule has 8 nitrogen and oxygen atoms in total. The van der Waals surface area contributed by atoms with Crippen LogP contribution in [0.25, 0.3) is 0 Å². The van der Waals surface area contributed by atoms with Gasteiger partial charge in [-0.05, 0) is 42.1 Å². The maximum atomic E-state index is 13.2. The van der Waals surface area contributed by atoms with Crippen LogP contribution >= 0.6 is 15.9 Å². The van der Waals surface area contributed by atoms with Crippen molar-refractivity contribution in [3.8, 4) is 0 Å². The van der Waals surface area contributed by atoms with Crippen LogP contribution in [0.3, 0.4) is 0 Å². The highest BCUT2D eigenvalue weighted by molar-refractivity contribution is 9.10. The highest BCUT2D eigenvalue weighted by atomic mass is 79.9. The molecule has 1 saturated carbocycles. The lowest BCUT2D eigenvalue weighted by molar-refractivity contribution is -0.142. The first kappa shape index (κ1) is 23.3. The second-order valence-corrected chi connectivity index (χ2v) is 8.14. The molecule has 2 amide bonds. The Labute approximate surface area is 185 Å². The van der Waals surface area contributed by atoms with Gasteiger partial charge in [0.1, 0.15) is 0 Å². The average molecular weight is 505 g/mol. The number of anilines is 1. The van der Waals surface area contributed by atoms with E-state index in [2.05, 4.69) is 36.8 Å². The Bertz CT molecular complexity index is 965. The molecular weight excluding hydrogens is 481 g/mol. The van der Waals surface area contributed by atoms with Crippen LogP contribution < -0.4 is 10.6 Å². The zero-order valence-electron chi connectivity index (χ0n) is 17.2. The lowest BCUT2D eigenvalue weighted by Crippen LogP contribution is -2.26. The molecule has 1 aliphatic carbocycles. The first-order chi connectivity index (χ1) is 14.7. The van der Waals surface area contributed by atoms with Crippen molar-refractivity contribution in [2.24, 2.45) is 0 Å². The van der Waals surface area contributed by atoms with Gasteiger partial charge in [0.15, 0.2) is 11.4 Å². The third-order valence-electron chi connectivity index (χ3n) is 4.83. The molecule has 1 fully saturated rings. The predicted octanol–water partition coefficient (Wildman–Crippen LogP) is 3.93. The number of rotatable bonds is 9. The minimum absolute atomic E-state index is 0.00831. The maximum Gasteiger partial charge on any atom is 0.436 e. The summed E-state index contributed by atoms with van der Waals surface area (Å²) in [5.41, 5.74) is -0.142. The summed E-state index contributed by atoms with van der Waals surface area (Å²) < 4.78 is 42.4. The summed E-state index contributed by atoms with van der Waals surface area (Å²) in [6, 6.07) is 0. The molecule has 0 aliphatic heterocycles. The first-order valence-corrected chi connectivity index (χ1v) is 10.9. The lowest BCUT2D eigenvalue weighted by Gasteiger charge is -2.08. The molecule has 0 atom stereocenters. The number of hydrogen-bond donors (Lipinski definition) is 2. The molecule has 0 aromatic carbocycles. The summed E-state index contributed by atoms with van der Waals surface area (Å²) in [5.74, 6) is -0.828. The molecule has 0 saturated heterocycles. The molecule has 170 valence electrons. The van der Waals surface area contributed by atoms with Crippen molar-refractivity contribution in [1.29, 1.82) is 0 Å². The number of aryl methyl sites for hydroxylation is 2. The molecule has 12 heteroatoms. The van der Waals surface area contributed by atoms with Crippen LogP contribution in [-0.2, 0) is 24.1 Å². The van der Waals surface area contributed by atoms with Crippen LogP contribution in [0, 0.1) is 0 Å². The molecule has 2 aromatic rings. The summed E-state index contributed by atoms with van der Waals surface area (Å²) in [6.45, 7) is 4.74. The van der Waals surface area contributed by atoms with Crippen LogP contribution in [0.5, 0.6) is 0 Å². The van der Waals surface area contributed by atoms with Crippen molar-refractivity contribution in [3.63, 3.8) is 0 Å². The van der Waals surface area contributed by atoms with Crippen LogP contribution in [0.15, 0.2) is 10.7 Å². The minimum atomic E-state index is -4.58. The Hall–Kier alpha value is -2.37. The van der Waals surface area contributed by atoms with Crippen molar-refractivity contribution in [2.45, 2.75) is 64.7 Å². The largest absolute Gasteiger partial charge is 0.436 e. The van der Waals surface area contributed by atoms with E-state index >= 15 is 0 Å². The van der Waals surface area contributed by atoms with Gasteiger partial charge in [0.2, 0.25) is 5.91 Å². The number of carbonyl (C=O) groups excluding carboxylic acids is 2. The average Bonchev–Trinajstić information content (AvgIpc) is 3.36. The van der Waals surface area contributed by atoms with Crippen LogP contribution in [-0.4, -0.2) is 37.9 Å². The number of carbonyl (C=O) groups is 2. The van der Waals surface area contributed by atoms with Crippen molar-refractivity contribution in [1.82, 2.24) is 24.9 Å². The lowest BCUT2D eigenvalue weighted by atomic mass is 10.2. The van der Waals surface area contributed by atoms with Crippen molar-refractivity contribution < 1.29 is 22.8 Å². The van der Waals surface area contributed by atoms with Crippen molar-refractivity contribution in [2.75, 3.05) is 11.9 Å². The van der Waals surface area contributed by atoms with Gasteiger partial charge in [0.25, 0.3) is 5.91 Å². The predicted molar refractivity (Wildman–Crippen MR) is 111 cm³/mol. The van der Waals surface area contributed by atoms with Gasteiger partial charge in [-0.1, -0.05) is 6.92 Å². The normalized spacial score (nSPS) is 14.0. The van der Waals surface area contributed by atoms with Gasteiger partial charge in [0.05, 0.1) is 22.4 Å². The van der Waals surface area contributed by atoms with E-state index in [1.807, 2.05) is 13.8 Å². The highest BCUT2D eigenvalue weighted by Gasteiger charge is 2.41. The Kier molecular flexibility index (Phi) is 7.07. The quantitative estimate of drug-likeness (QED) is 0.540. The molecule has 31 heavy (non-hydrogen) atoms. The Morgan fingerprint density at radius 2 is 1.97 bits per heavy atom. The third kappa shape index (κ3) is 5.46. The smallest absolute Gasteiger partial charge is 0.351 e. The Balaban J connectivity index is 1.71. The summed E-state index contributed by atoms with van der Waals surface area (Å²) >= 11 is 3.04. The van der Waals surface area contributed by atoms with E-state index in [9.17, 15) is 22.8 Å². The Morgan fingerprint density at radius 3 is 2.55 bits per heavy atom. The van der Waals surface area contributed by atoms with E-state index in [4.69, 9.17) is 0 Å². The van der Waals surface area contributed by atoms with Gasteiger partial charge in [0, 0.05) is 31.6 Å². The maximum absolute atomic E-state index is 13.2. The van der Waals surface area contributed by atoms with E-state index < -0.39 is 23.7 Å². The van der Waals surface area contributed by atoms with Gasteiger partial charge in [-0.15, -0.1) is 0 Å². The van der Waals surface area contributed by atoms with E-state index in [1.54, 1.807) is 6.20 Å². The van der Waals surface area contributed by atoms with Crippen LogP contribution in [0.2, 0.25) is 0 Å². The fraction of sp³-hybridized carbons (Fsp3) is 0.579. The topological polar surface area (TPSA) is 93.8 Å². The van der Waals surface area contributed by atoms with Crippen molar-refractivity contribution >= 4 is 33.4 Å². The number of alkyl halides is 3. The van der Waals surface area contributed by atoms with E-state index in [1.165, 1.54) is 9.36 Å². The van der Waals surface area contributed by atoms with E-state index in [0.717, 1.165) is 19.3 Å². The summed E-state index contributed by atoms with van der Waals surface area (Å²) in [5, 5.41) is 13.3. The number of nitrogens with zero attached hydrogens (tertiary/aromatic N) is 4. The van der Waals surface area contributed by atoms with E-state index in [-0.39, 0.29) is 34.7 Å². The van der Waals surface area contributed by atoms with E-state index in [0.29, 0.717) is 18.8 Å². The van der Waals surface area contributed by atoms with Gasteiger partial charge in [-0.3, -0.25) is 19.0 Å². The fourth-order valence-corrected chi connectivity index (χ4v) is 3.97. The molecule has 2 heterocycles. The zero-order chi connectivity index (χ0) is 22.8. The second-order valence-electron chi connectivity index (χ2n) is 7.34. The molecular formula is C19H24BrF3N6O2. The molecule has 1 aliphatic rings. The standard InChI is InChI=1S/C19H24BrF3N6O2/c1-3-8-24-18(31)15-12(10-28(4-2)26-15)25-13(30)7-9-29-16(11-5-6-11)14(20)17(27-29)19(21,22)23/h10-11H,3-9H2,1-2H3,(H,24,31)(H,25,30). The zero-order valence-corrected chi connectivity index (χ0v) is 18.8. The molecule has 0 spiro atoms. The monoisotopic (exact) mass is 504 g/mol.